The first-order chi connectivity index (χ1) is 8.49. The van der Waals surface area contributed by atoms with E-state index in [-0.39, 0.29) is 0 Å². The maximum absolute atomic E-state index is 6.10. The van der Waals surface area contributed by atoms with Crippen molar-refractivity contribution in [3.63, 3.8) is 0 Å². The minimum atomic E-state index is 0.345. The quantitative estimate of drug-likeness (QED) is 0.835. The van der Waals surface area contributed by atoms with Gasteiger partial charge >= 0.3 is 0 Å². The molecule has 0 saturated heterocycles. The Kier molecular flexibility index (Phi) is 3.98. The Morgan fingerprint density at radius 1 is 1.17 bits per heavy atom. The lowest BCUT2D eigenvalue weighted by atomic mass is 9.95. The topological polar surface area (TPSA) is 27.8 Å². The van der Waals surface area contributed by atoms with Crippen molar-refractivity contribution in [1.82, 2.24) is 10.3 Å². The molecule has 3 heteroatoms. The number of aromatic nitrogens is 1. The predicted molar refractivity (Wildman–Crippen MR) is 79.2 cm³/mol. The molecule has 0 saturated carbocycles. The van der Waals surface area contributed by atoms with E-state index < -0.39 is 0 Å². The van der Waals surface area contributed by atoms with Crippen LogP contribution in [0.15, 0.2) is 24.4 Å². The Morgan fingerprint density at radius 2 is 1.89 bits per heavy atom. The Hall–Kier alpha value is -0.990. The summed E-state index contributed by atoms with van der Waals surface area (Å²) < 4.78 is 0. The summed E-state index contributed by atoms with van der Waals surface area (Å²) in [6.07, 6.45) is 2.10. The van der Waals surface area contributed by atoms with E-state index in [9.17, 15) is 0 Å². The second-order valence-corrected chi connectivity index (χ2v) is 5.91. The highest BCUT2D eigenvalue weighted by Crippen LogP contribution is 2.30. The van der Waals surface area contributed by atoms with Crippen LogP contribution >= 0.6 is 11.6 Å². The van der Waals surface area contributed by atoms with Gasteiger partial charge in [-0.2, -0.15) is 0 Å². The van der Waals surface area contributed by atoms with E-state index in [1.54, 1.807) is 0 Å². The van der Waals surface area contributed by atoms with Crippen molar-refractivity contribution in [2.45, 2.75) is 39.8 Å². The zero-order valence-electron chi connectivity index (χ0n) is 11.4. The molecular formula is C15H21ClN2. The van der Waals surface area contributed by atoms with Crippen LogP contribution in [-0.4, -0.2) is 11.0 Å². The van der Waals surface area contributed by atoms with Gasteiger partial charge in [-0.15, -0.1) is 0 Å². The van der Waals surface area contributed by atoms with E-state index in [4.69, 9.17) is 11.6 Å². The summed E-state index contributed by atoms with van der Waals surface area (Å²) in [6, 6.07) is 6.80. The Morgan fingerprint density at radius 3 is 2.50 bits per heavy atom. The third-order valence-corrected chi connectivity index (χ3v) is 3.43. The van der Waals surface area contributed by atoms with Crippen LogP contribution in [-0.2, 0) is 0 Å². The van der Waals surface area contributed by atoms with Gasteiger partial charge in [-0.3, -0.25) is 0 Å². The smallest absolute Gasteiger partial charge is 0.0458 e. The number of rotatable bonds is 4. The van der Waals surface area contributed by atoms with E-state index in [0.29, 0.717) is 18.0 Å². The molecular weight excluding hydrogens is 244 g/mol. The lowest BCUT2D eigenvalue weighted by Crippen LogP contribution is -2.31. The van der Waals surface area contributed by atoms with Gasteiger partial charge in [0.1, 0.15) is 0 Å². The molecule has 1 aromatic heterocycles. The zero-order chi connectivity index (χ0) is 13.3. The molecule has 2 rings (SSSR count). The van der Waals surface area contributed by atoms with Gasteiger partial charge in [0.15, 0.2) is 0 Å². The maximum Gasteiger partial charge on any atom is 0.0458 e. The Balaban J connectivity index is 2.46. The zero-order valence-corrected chi connectivity index (χ0v) is 12.2. The van der Waals surface area contributed by atoms with Crippen molar-refractivity contribution in [2.75, 3.05) is 0 Å². The van der Waals surface area contributed by atoms with Crippen LogP contribution in [0.5, 0.6) is 0 Å². The molecule has 98 valence electrons. The number of fused-ring (bicyclic) bond motifs is 1. The van der Waals surface area contributed by atoms with Crippen molar-refractivity contribution < 1.29 is 0 Å². The summed E-state index contributed by atoms with van der Waals surface area (Å²) in [5, 5.41) is 5.63. The Bertz CT molecular complexity index is 528. The number of hydrogen-bond acceptors (Lipinski definition) is 1. The molecule has 0 spiro atoms. The summed E-state index contributed by atoms with van der Waals surface area (Å²) >= 11 is 6.10. The third kappa shape index (κ3) is 2.70. The van der Waals surface area contributed by atoms with Gasteiger partial charge in [0.2, 0.25) is 0 Å². The van der Waals surface area contributed by atoms with E-state index in [1.165, 1.54) is 10.9 Å². The minimum absolute atomic E-state index is 0.345. The fraction of sp³-hybridized carbons (Fsp3) is 0.467. The third-order valence-electron chi connectivity index (χ3n) is 3.19. The largest absolute Gasteiger partial charge is 0.361 e. The Labute approximate surface area is 114 Å². The highest BCUT2D eigenvalue weighted by molar-refractivity contribution is 6.31. The minimum Gasteiger partial charge on any atom is -0.361 e. The second kappa shape index (κ2) is 5.33. The molecule has 2 nitrogen and oxygen atoms in total. The van der Waals surface area contributed by atoms with Crippen LogP contribution in [0.25, 0.3) is 10.9 Å². The molecule has 1 atom stereocenters. The summed E-state index contributed by atoms with van der Waals surface area (Å²) in [6.45, 7) is 8.83. The van der Waals surface area contributed by atoms with Crippen LogP contribution in [0.1, 0.15) is 39.3 Å². The van der Waals surface area contributed by atoms with Gasteiger partial charge in [-0.1, -0.05) is 39.3 Å². The van der Waals surface area contributed by atoms with Crippen molar-refractivity contribution in [3.05, 3.63) is 35.0 Å². The molecule has 0 amide bonds. The first-order valence-electron chi connectivity index (χ1n) is 6.51. The fourth-order valence-electron chi connectivity index (χ4n) is 2.37. The van der Waals surface area contributed by atoms with Gasteiger partial charge in [0, 0.05) is 34.2 Å². The molecule has 0 aliphatic carbocycles. The van der Waals surface area contributed by atoms with Gasteiger partial charge < -0.3 is 10.3 Å². The second-order valence-electron chi connectivity index (χ2n) is 5.48. The van der Waals surface area contributed by atoms with Gasteiger partial charge in [0.25, 0.3) is 0 Å². The molecule has 0 fully saturated rings. The van der Waals surface area contributed by atoms with Crippen molar-refractivity contribution in [2.24, 2.45) is 5.92 Å². The monoisotopic (exact) mass is 264 g/mol. The lowest BCUT2D eigenvalue weighted by Gasteiger charge is -2.24. The van der Waals surface area contributed by atoms with Crippen LogP contribution in [0.4, 0.5) is 0 Å². The number of aromatic amines is 1. The van der Waals surface area contributed by atoms with Gasteiger partial charge in [-0.05, 0) is 29.7 Å². The number of benzene rings is 1. The molecule has 0 radical (unpaired) electrons. The summed E-state index contributed by atoms with van der Waals surface area (Å²) in [7, 11) is 0. The van der Waals surface area contributed by atoms with Gasteiger partial charge in [-0.25, -0.2) is 0 Å². The predicted octanol–water partition coefficient (Wildman–Crippen LogP) is 4.52. The fourth-order valence-corrected chi connectivity index (χ4v) is 2.54. The van der Waals surface area contributed by atoms with Crippen LogP contribution in [0.3, 0.4) is 0 Å². The van der Waals surface area contributed by atoms with Crippen molar-refractivity contribution in [3.8, 4) is 0 Å². The highest BCUT2D eigenvalue weighted by atomic mass is 35.5. The van der Waals surface area contributed by atoms with Crippen LogP contribution in [0, 0.1) is 5.92 Å². The average Bonchev–Trinajstić information content (AvgIpc) is 2.68. The maximum atomic E-state index is 6.10. The molecule has 0 bridgehead atoms. The first kappa shape index (κ1) is 13.4. The molecule has 2 aromatic rings. The normalized spacial score (nSPS) is 13.7. The van der Waals surface area contributed by atoms with Crippen LogP contribution < -0.4 is 5.32 Å². The summed E-state index contributed by atoms with van der Waals surface area (Å²) in [5.41, 5.74) is 2.45. The number of nitrogens with one attached hydrogen (secondary N) is 2. The van der Waals surface area contributed by atoms with Crippen LogP contribution in [0.2, 0.25) is 5.02 Å². The van der Waals surface area contributed by atoms with E-state index in [1.807, 2.05) is 18.2 Å². The standard InChI is InChI=1S/C15H21ClN2/c1-9(2)15(18-10(3)4)13-8-17-14-6-5-11(16)7-12(13)14/h5-10,15,17-18H,1-4H3. The molecule has 0 aliphatic rings. The van der Waals surface area contributed by atoms with Gasteiger partial charge in [0.05, 0.1) is 0 Å². The molecule has 1 unspecified atom stereocenters. The molecule has 0 aliphatic heterocycles. The van der Waals surface area contributed by atoms with E-state index >= 15 is 0 Å². The van der Waals surface area contributed by atoms with Crippen molar-refractivity contribution in [1.29, 1.82) is 0 Å². The highest BCUT2D eigenvalue weighted by Gasteiger charge is 2.19. The number of hydrogen-bond donors (Lipinski definition) is 2. The first-order valence-corrected chi connectivity index (χ1v) is 6.89. The number of halogens is 1. The van der Waals surface area contributed by atoms with E-state index in [0.717, 1.165) is 10.5 Å². The molecule has 1 heterocycles. The average molecular weight is 265 g/mol. The molecule has 1 aromatic carbocycles. The lowest BCUT2D eigenvalue weighted by molar-refractivity contribution is 0.383. The SMILES string of the molecule is CC(C)NC(c1c[nH]c2ccc(Cl)cc12)C(C)C. The molecule has 18 heavy (non-hydrogen) atoms. The summed E-state index contributed by atoms with van der Waals surface area (Å²) in [5.74, 6) is 0.533. The van der Waals surface area contributed by atoms with E-state index in [2.05, 4.69) is 44.2 Å². The molecule has 2 N–H and O–H groups in total. The summed E-state index contributed by atoms with van der Waals surface area (Å²) in [4.78, 5) is 3.33. The van der Waals surface area contributed by atoms with Crippen molar-refractivity contribution >= 4 is 22.5 Å². The number of H-pyrrole nitrogens is 1.